The van der Waals surface area contributed by atoms with E-state index in [1.165, 1.54) is 0 Å². The van der Waals surface area contributed by atoms with Crippen LogP contribution in [0.2, 0.25) is 0 Å². The Morgan fingerprint density at radius 1 is 1.20 bits per heavy atom. The van der Waals surface area contributed by atoms with E-state index in [0.29, 0.717) is 0 Å². The lowest BCUT2D eigenvalue weighted by molar-refractivity contribution is 0.405. The Bertz CT molecular complexity index is 381. The average molecular weight is 282 g/mol. The van der Waals surface area contributed by atoms with Crippen molar-refractivity contribution < 1.29 is 4.42 Å². The highest BCUT2D eigenvalue weighted by Gasteiger charge is 2.14. The molecule has 5 heteroatoms. The summed E-state index contributed by atoms with van der Waals surface area (Å²) in [5.74, 6) is 0. The molecule has 0 radical (unpaired) electrons. The van der Waals surface area contributed by atoms with E-state index in [1.807, 2.05) is 0 Å². The molecule has 0 bridgehead atoms. The van der Waals surface area contributed by atoms with E-state index >= 15 is 0 Å². The lowest BCUT2D eigenvalue weighted by Gasteiger charge is -2.22. The summed E-state index contributed by atoms with van der Waals surface area (Å²) in [6.07, 6.45) is 2.85. The highest BCUT2D eigenvalue weighted by molar-refractivity contribution is 5.26. The molecular formula is C15H30N4O. The van der Waals surface area contributed by atoms with E-state index in [9.17, 15) is 0 Å². The third-order valence-corrected chi connectivity index (χ3v) is 2.92. The second kappa shape index (κ2) is 7.64. The van der Waals surface area contributed by atoms with Gasteiger partial charge in [-0.25, -0.2) is 0 Å². The molecule has 0 spiro atoms. The predicted octanol–water partition coefficient (Wildman–Crippen LogP) is 2.34. The second-order valence-electron chi connectivity index (χ2n) is 6.52. The Morgan fingerprint density at radius 3 is 2.45 bits per heavy atom. The Balaban J connectivity index is 2.61. The molecule has 1 heterocycles. The summed E-state index contributed by atoms with van der Waals surface area (Å²) in [6, 6.07) is 0.736. The number of likely N-dealkylation sites (N-methyl/N-ethyl adjacent to an activating group) is 1. The van der Waals surface area contributed by atoms with Crippen molar-refractivity contribution in [1.29, 1.82) is 0 Å². The Morgan fingerprint density at radius 2 is 1.90 bits per heavy atom. The molecule has 1 aromatic rings. The molecule has 0 aromatic carbocycles. The van der Waals surface area contributed by atoms with Crippen LogP contribution in [0.25, 0.3) is 0 Å². The van der Waals surface area contributed by atoms with Gasteiger partial charge in [0.05, 0.1) is 5.69 Å². The SMILES string of the molecule is CCCN(CCN(C)C)c1nc(CNC(C)(C)C)co1. The minimum Gasteiger partial charge on any atom is -0.432 e. The van der Waals surface area contributed by atoms with E-state index < -0.39 is 0 Å². The number of rotatable bonds is 8. The maximum Gasteiger partial charge on any atom is 0.297 e. The number of oxazole rings is 1. The van der Waals surface area contributed by atoms with E-state index in [1.54, 1.807) is 6.26 Å². The summed E-state index contributed by atoms with van der Waals surface area (Å²) in [4.78, 5) is 8.97. The van der Waals surface area contributed by atoms with Crippen molar-refractivity contribution in [3.05, 3.63) is 12.0 Å². The van der Waals surface area contributed by atoms with Crippen LogP contribution in [-0.2, 0) is 6.54 Å². The molecular weight excluding hydrogens is 252 g/mol. The Labute approximate surface area is 123 Å². The molecule has 20 heavy (non-hydrogen) atoms. The standard InChI is InChI=1S/C15H30N4O/c1-7-8-19(10-9-18(5)6)14-17-13(12-20-14)11-16-15(2,3)4/h12,16H,7-11H2,1-6H3. The third-order valence-electron chi connectivity index (χ3n) is 2.92. The van der Waals surface area contributed by atoms with Crippen LogP contribution in [0.3, 0.4) is 0 Å². The number of nitrogens with one attached hydrogen (secondary N) is 1. The minimum absolute atomic E-state index is 0.0904. The highest BCUT2D eigenvalue weighted by Crippen LogP contribution is 2.14. The van der Waals surface area contributed by atoms with Crippen LogP contribution in [-0.4, -0.2) is 49.2 Å². The van der Waals surface area contributed by atoms with E-state index in [0.717, 1.165) is 44.3 Å². The summed E-state index contributed by atoms with van der Waals surface area (Å²) < 4.78 is 5.63. The first-order valence-electron chi connectivity index (χ1n) is 7.41. The quantitative estimate of drug-likeness (QED) is 0.793. The van der Waals surface area contributed by atoms with Crippen molar-refractivity contribution in [2.24, 2.45) is 0 Å². The number of hydrogen-bond acceptors (Lipinski definition) is 5. The number of hydrogen-bond donors (Lipinski definition) is 1. The van der Waals surface area contributed by atoms with Crippen molar-refractivity contribution in [3.63, 3.8) is 0 Å². The first kappa shape index (κ1) is 17.0. The van der Waals surface area contributed by atoms with Crippen LogP contribution in [0.15, 0.2) is 10.7 Å². The molecule has 116 valence electrons. The van der Waals surface area contributed by atoms with Gasteiger partial charge in [-0.05, 0) is 41.3 Å². The van der Waals surface area contributed by atoms with Gasteiger partial charge in [-0.3, -0.25) is 0 Å². The van der Waals surface area contributed by atoms with Gasteiger partial charge in [-0.2, -0.15) is 4.98 Å². The maximum atomic E-state index is 5.63. The van der Waals surface area contributed by atoms with Crippen LogP contribution in [0.4, 0.5) is 6.01 Å². The lowest BCUT2D eigenvalue weighted by Crippen LogP contribution is -2.35. The molecule has 1 aromatic heterocycles. The zero-order chi connectivity index (χ0) is 15.2. The topological polar surface area (TPSA) is 44.5 Å². The Kier molecular flexibility index (Phi) is 6.49. The van der Waals surface area contributed by atoms with Crippen LogP contribution in [0.1, 0.15) is 39.8 Å². The fourth-order valence-corrected chi connectivity index (χ4v) is 1.77. The molecule has 1 N–H and O–H groups in total. The van der Waals surface area contributed by atoms with Gasteiger partial charge in [0.2, 0.25) is 0 Å². The largest absolute Gasteiger partial charge is 0.432 e. The average Bonchev–Trinajstić information content (AvgIpc) is 2.79. The molecule has 1 rings (SSSR count). The van der Waals surface area contributed by atoms with Crippen molar-refractivity contribution >= 4 is 6.01 Å². The molecule has 0 aliphatic rings. The third kappa shape index (κ3) is 6.39. The summed E-state index contributed by atoms with van der Waals surface area (Å²) in [5, 5.41) is 3.42. The van der Waals surface area contributed by atoms with Gasteiger partial charge < -0.3 is 19.5 Å². The van der Waals surface area contributed by atoms with Crippen LogP contribution < -0.4 is 10.2 Å². The second-order valence-corrected chi connectivity index (χ2v) is 6.52. The number of nitrogens with zero attached hydrogens (tertiary/aromatic N) is 3. The van der Waals surface area contributed by atoms with Gasteiger partial charge in [-0.1, -0.05) is 6.92 Å². The first-order valence-corrected chi connectivity index (χ1v) is 7.41. The van der Waals surface area contributed by atoms with Gasteiger partial charge >= 0.3 is 0 Å². The number of aromatic nitrogens is 1. The van der Waals surface area contributed by atoms with Crippen LogP contribution in [0.5, 0.6) is 0 Å². The molecule has 0 saturated carbocycles. The molecule has 0 atom stereocenters. The van der Waals surface area contributed by atoms with Gasteiger partial charge in [0.15, 0.2) is 0 Å². The summed E-state index contributed by atoms with van der Waals surface area (Å²) in [5.41, 5.74) is 1.05. The summed E-state index contributed by atoms with van der Waals surface area (Å²) >= 11 is 0. The van der Waals surface area contributed by atoms with Crippen molar-refractivity contribution in [2.45, 2.75) is 46.2 Å². The number of anilines is 1. The molecule has 0 aliphatic carbocycles. The normalized spacial score (nSPS) is 12.2. The van der Waals surface area contributed by atoms with Gasteiger partial charge in [-0.15, -0.1) is 0 Å². The maximum absolute atomic E-state index is 5.63. The van der Waals surface area contributed by atoms with Crippen LogP contribution in [0, 0.1) is 0 Å². The van der Waals surface area contributed by atoms with Gasteiger partial charge in [0.25, 0.3) is 6.01 Å². The van der Waals surface area contributed by atoms with Crippen molar-refractivity contribution in [1.82, 2.24) is 15.2 Å². The summed E-state index contributed by atoms with van der Waals surface area (Å²) in [7, 11) is 4.16. The smallest absolute Gasteiger partial charge is 0.297 e. The zero-order valence-corrected chi connectivity index (χ0v) is 13.9. The highest BCUT2D eigenvalue weighted by atomic mass is 16.4. The monoisotopic (exact) mass is 282 g/mol. The van der Waals surface area contributed by atoms with Crippen molar-refractivity contribution in [3.8, 4) is 0 Å². The van der Waals surface area contributed by atoms with Crippen LogP contribution >= 0.6 is 0 Å². The molecule has 0 fully saturated rings. The predicted molar refractivity (Wildman–Crippen MR) is 84.2 cm³/mol. The van der Waals surface area contributed by atoms with E-state index in [-0.39, 0.29) is 5.54 Å². The molecule has 5 nitrogen and oxygen atoms in total. The minimum atomic E-state index is 0.0904. The molecule has 0 unspecified atom stereocenters. The van der Waals surface area contributed by atoms with E-state index in [2.05, 4.69) is 61.9 Å². The van der Waals surface area contributed by atoms with Gasteiger partial charge in [0.1, 0.15) is 6.26 Å². The Hall–Kier alpha value is -1.07. The fraction of sp³-hybridized carbons (Fsp3) is 0.800. The molecule has 0 saturated heterocycles. The summed E-state index contributed by atoms with van der Waals surface area (Å²) in [6.45, 7) is 12.3. The molecule has 0 amide bonds. The van der Waals surface area contributed by atoms with E-state index in [4.69, 9.17) is 4.42 Å². The molecule has 0 aliphatic heterocycles. The lowest BCUT2D eigenvalue weighted by atomic mass is 10.1. The zero-order valence-electron chi connectivity index (χ0n) is 13.9. The first-order chi connectivity index (χ1) is 9.31. The van der Waals surface area contributed by atoms with Gasteiger partial charge in [0, 0.05) is 31.7 Å². The van der Waals surface area contributed by atoms with Crippen molar-refractivity contribution in [2.75, 3.05) is 38.6 Å². The fourth-order valence-electron chi connectivity index (χ4n) is 1.77.